The zero-order valence-corrected chi connectivity index (χ0v) is 24.4. The summed E-state index contributed by atoms with van der Waals surface area (Å²) < 4.78 is 31.4. The van der Waals surface area contributed by atoms with E-state index in [9.17, 15) is 19.2 Å². The SMILES string of the molecule is COCOc1ccc(C(=O)NC2CCN(C(=O)OOC(=O)c3ccc(C(=O)c4cc5c(cc4OCOC)OCO5)cc3)C2)cc1. The third-order valence-electron chi connectivity index (χ3n) is 6.86. The van der Waals surface area contributed by atoms with Gasteiger partial charge in [0.1, 0.15) is 11.5 Å². The van der Waals surface area contributed by atoms with Crippen LogP contribution >= 0.6 is 0 Å². The Labute approximate surface area is 257 Å². The molecule has 0 aliphatic carbocycles. The maximum absolute atomic E-state index is 13.3. The van der Waals surface area contributed by atoms with Crippen LogP contribution in [0.15, 0.2) is 60.7 Å². The molecule has 0 radical (unpaired) electrons. The quantitative estimate of drug-likeness (QED) is 0.144. The van der Waals surface area contributed by atoms with Crippen molar-refractivity contribution in [2.24, 2.45) is 0 Å². The molecule has 0 saturated carbocycles. The van der Waals surface area contributed by atoms with Gasteiger partial charge in [0.25, 0.3) is 5.91 Å². The second kappa shape index (κ2) is 14.4. The zero-order valence-electron chi connectivity index (χ0n) is 24.4. The Morgan fingerprint density at radius 1 is 0.822 bits per heavy atom. The molecule has 2 aliphatic heterocycles. The Morgan fingerprint density at radius 2 is 1.47 bits per heavy atom. The van der Waals surface area contributed by atoms with Crippen molar-refractivity contribution < 1.29 is 57.4 Å². The molecular weight excluding hydrogens is 592 g/mol. The minimum Gasteiger partial charge on any atom is -0.468 e. The molecule has 3 aromatic carbocycles. The number of carbonyl (C=O) groups is 4. The van der Waals surface area contributed by atoms with Crippen molar-refractivity contribution in [2.45, 2.75) is 12.5 Å². The Kier molecular flexibility index (Phi) is 9.97. The van der Waals surface area contributed by atoms with Gasteiger partial charge in [-0.15, -0.1) is 0 Å². The molecule has 0 bridgehead atoms. The topological polar surface area (TPSA) is 157 Å². The van der Waals surface area contributed by atoms with Crippen LogP contribution in [0.5, 0.6) is 23.0 Å². The standard InChI is InChI=1S/C31H30N2O12/c1-38-16-40-23-9-7-20(8-10-23)29(35)32-22-11-12-33(15-22)31(37)45-44-30(36)21-5-3-19(4-6-21)28(34)24-13-26-27(43-18-42-26)14-25(24)41-17-39-2/h3-10,13-14,22H,11-12,15-18H2,1-2H3,(H,32,35). The number of amides is 2. The van der Waals surface area contributed by atoms with Crippen LogP contribution in [0.25, 0.3) is 0 Å². The fraction of sp³-hybridized carbons (Fsp3) is 0.290. The van der Waals surface area contributed by atoms with Gasteiger partial charge in [-0.05, 0) is 48.9 Å². The van der Waals surface area contributed by atoms with Crippen molar-refractivity contribution >= 4 is 23.8 Å². The summed E-state index contributed by atoms with van der Waals surface area (Å²) >= 11 is 0. The van der Waals surface area contributed by atoms with Crippen molar-refractivity contribution in [1.82, 2.24) is 10.2 Å². The van der Waals surface area contributed by atoms with Gasteiger partial charge in [-0.3, -0.25) is 9.59 Å². The third-order valence-corrected chi connectivity index (χ3v) is 6.86. The number of fused-ring (bicyclic) bond motifs is 1. The summed E-state index contributed by atoms with van der Waals surface area (Å²) in [5.74, 6) is 0.00933. The molecule has 14 nitrogen and oxygen atoms in total. The number of methoxy groups -OCH3 is 2. The lowest BCUT2D eigenvalue weighted by molar-refractivity contribution is -0.191. The maximum Gasteiger partial charge on any atom is 0.453 e. The molecule has 0 spiro atoms. The molecule has 14 heteroatoms. The number of nitrogens with zero attached hydrogens (tertiary/aromatic N) is 1. The Hall–Kier alpha value is -5.34. The molecule has 2 heterocycles. The van der Waals surface area contributed by atoms with E-state index in [4.69, 9.17) is 38.2 Å². The summed E-state index contributed by atoms with van der Waals surface area (Å²) in [5, 5.41) is 2.87. The van der Waals surface area contributed by atoms with Crippen molar-refractivity contribution in [3.63, 3.8) is 0 Å². The fourth-order valence-electron chi connectivity index (χ4n) is 4.57. The van der Waals surface area contributed by atoms with Gasteiger partial charge in [-0.25, -0.2) is 19.4 Å². The van der Waals surface area contributed by atoms with Gasteiger partial charge in [0.2, 0.25) is 6.79 Å². The first-order valence-electron chi connectivity index (χ1n) is 13.8. The predicted octanol–water partition coefficient (Wildman–Crippen LogP) is 3.32. The lowest BCUT2D eigenvalue weighted by Crippen LogP contribution is -2.38. The molecule has 1 saturated heterocycles. The average molecular weight is 623 g/mol. The van der Waals surface area contributed by atoms with Crippen LogP contribution in [-0.4, -0.2) is 82.4 Å². The van der Waals surface area contributed by atoms with E-state index in [2.05, 4.69) is 5.32 Å². The summed E-state index contributed by atoms with van der Waals surface area (Å²) in [6, 6.07) is 14.9. The minimum atomic E-state index is -0.934. The molecule has 5 rings (SSSR count). The van der Waals surface area contributed by atoms with E-state index >= 15 is 0 Å². The van der Waals surface area contributed by atoms with Gasteiger partial charge in [0, 0.05) is 50.5 Å². The van der Waals surface area contributed by atoms with Gasteiger partial charge < -0.3 is 38.6 Å². The lowest BCUT2D eigenvalue weighted by Gasteiger charge is -2.16. The molecule has 2 amide bonds. The Balaban J connectivity index is 1.11. The van der Waals surface area contributed by atoms with Crippen LogP contribution in [0.1, 0.15) is 43.1 Å². The van der Waals surface area contributed by atoms with E-state index in [0.717, 1.165) is 0 Å². The van der Waals surface area contributed by atoms with E-state index < -0.39 is 17.8 Å². The predicted molar refractivity (Wildman–Crippen MR) is 153 cm³/mol. The van der Waals surface area contributed by atoms with Gasteiger partial charge in [0.05, 0.1) is 11.1 Å². The summed E-state index contributed by atoms with van der Waals surface area (Å²) in [7, 11) is 2.96. The van der Waals surface area contributed by atoms with Crippen LogP contribution < -0.4 is 24.3 Å². The molecule has 1 fully saturated rings. The van der Waals surface area contributed by atoms with Crippen LogP contribution in [0, 0.1) is 0 Å². The lowest BCUT2D eigenvalue weighted by atomic mass is 10.0. The molecule has 1 N–H and O–H groups in total. The Bertz CT molecular complexity index is 1540. The average Bonchev–Trinajstić information content (AvgIpc) is 3.74. The molecule has 236 valence electrons. The van der Waals surface area contributed by atoms with E-state index in [0.29, 0.717) is 29.2 Å². The summed E-state index contributed by atoms with van der Waals surface area (Å²) in [4.78, 5) is 61.7. The van der Waals surface area contributed by atoms with Crippen LogP contribution in [0.2, 0.25) is 0 Å². The molecule has 1 atom stereocenters. The maximum atomic E-state index is 13.3. The highest BCUT2D eigenvalue weighted by molar-refractivity contribution is 6.11. The number of likely N-dealkylation sites (tertiary alicyclic amines) is 1. The monoisotopic (exact) mass is 622 g/mol. The highest BCUT2D eigenvalue weighted by atomic mass is 17.2. The highest BCUT2D eigenvalue weighted by Gasteiger charge is 2.30. The number of benzene rings is 3. The fourth-order valence-corrected chi connectivity index (χ4v) is 4.57. The first kappa shape index (κ1) is 31.1. The number of hydrogen-bond donors (Lipinski definition) is 1. The van der Waals surface area contributed by atoms with Gasteiger partial charge in [-0.1, -0.05) is 12.1 Å². The smallest absolute Gasteiger partial charge is 0.453 e. The van der Waals surface area contributed by atoms with Crippen LogP contribution in [0.3, 0.4) is 0 Å². The van der Waals surface area contributed by atoms with Crippen molar-refractivity contribution in [2.75, 3.05) is 47.7 Å². The first-order chi connectivity index (χ1) is 21.9. The third kappa shape index (κ3) is 7.60. The number of rotatable bonds is 11. The van der Waals surface area contributed by atoms with Crippen molar-refractivity contribution in [3.05, 3.63) is 82.9 Å². The molecule has 3 aromatic rings. The number of hydrogen-bond acceptors (Lipinski definition) is 12. The van der Waals surface area contributed by atoms with E-state index in [1.807, 2.05) is 0 Å². The normalized spacial score (nSPS) is 14.9. The van der Waals surface area contributed by atoms with Crippen LogP contribution in [-0.2, 0) is 19.2 Å². The Morgan fingerprint density at radius 3 is 2.18 bits per heavy atom. The molecular formula is C31H30N2O12. The van der Waals surface area contributed by atoms with E-state index in [-0.39, 0.29) is 67.9 Å². The van der Waals surface area contributed by atoms with Gasteiger partial charge >= 0.3 is 12.1 Å². The number of ether oxygens (including phenoxy) is 6. The number of ketones is 1. The summed E-state index contributed by atoms with van der Waals surface area (Å²) in [6.07, 6.45) is -0.390. The summed E-state index contributed by atoms with van der Waals surface area (Å²) in [5.41, 5.74) is 0.945. The second-order valence-electron chi connectivity index (χ2n) is 9.86. The van der Waals surface area contributed by atoms with Crippen molar-refractivity contribution in [1.29, 1.82) is 0 Å². The van der Waals surface area contributed by atoms with Crippen LogP contribution in [0.4, 0.5) is 4.79 Å². The van der Waals surface area contributed by atoms with Gasteiger partial charge in [-0.2, -0.15) is 0 Å². The van der Waals surface area contributed by atoms with Crippen molar-refractivity contribution in [3.8, 4) is 23.0 Å². The molecule has 2 aliphatic rings. The molecule has 0 aromatic heterocycles. The van der Waals surface area contributed by atoms with Gasteiger partial charge in [0.15, 0.2) is 30.9 Å². The highest BCUT2D eigenvalue weighted by Crippen LogP contribution is 2.39. The second-order valence-corrected chi connectivity index (χ2v) is 9.86. The van der Waals surface area contributed by atoms with E-state index in [1.54, 1.807) is 30.3 Å². The largest absolute Gasteiger partial charge is 0.468 e. The number of nitrogens with one attached hydrogen (secondary N) is 1. The minimum absolute atomic E-state index is 0.0225. The molecule has 45 heavy (non-hydrogen) atoms. The number of carbonyl (C=O) groups excluding carboxylic acids is 4. The van der Waals surface area contributed by atoms with E-state index in [1.165, 1.54) is 49.5 Å². The zero-order chi connectivity index (χ0) is 31.8. The first-order valence-corrected chi connectivity index (χ1v) is 13.8. The molecule has 1 unspecified atom stereocenters. The summed E-state index contributed by atoms with van der Waals surface area (Å²) in [6.45, 7) is 0.492.